The first kappa shape index (κ1) is 18.7. The molecular weight excluding hydrogens is 288 g/mol. The van der Waals surface area contributed by atoms with Crippen LogP contribution in [0.4, 0.5) is 4.79 Å². The molecule has 0 aromatic heterocycles. The van der Waals surface area contributed by atoms with Crippen LogP contribution in [0.3, 0.4) is 0 Å². The van der Waals surface area contributed by atoms with Crippen molar-refractivity contribution in [3.8, 4) is 0 Å². The fraction of sp³-hybridized carbons (Fsp3) is 0.833. The largest absolute Gasteiger partial charge is 0.508 e. The lowest BCUT2D eigenvalue weighted by atomic mass is 10.4. The zero-order valence-electron chi connectivity index (χ0n) is 12.1. The molecular formula is C12H22O7S. The van der Waals surface area contributed by atoms with Crippen molar-refractivity contribution < 1.29 is 32.2 Å². The average molecular weight is 310 g/mol. The third-order valence-corrected chi connectivity index (χ3v) is 4.23. The van der Waals surface area contributed by atoms with Crippen molar-refractivity contribution in [3.05, 3.63) is 0 Å². The summed E-state index contributed by atoms with van der Waals surface area (Å²) in [6.07, 6.45) is 1.63. The molecule has 1 unspecified atom stereocenters. The minimum absolute atomic E-state index is 0.0486. The molecule has 0 spiro atoms. The van der Waals surface area contributed by atoms with Gasteiger partial charge in [0, 0.05) is 6.42 Å². The van der Waals surface area contributed by atoms with Gasteiger partial charge in [0.25, 0.3) is 0 Å². The second-order valence-corrected chi connectivity index (χ2v) is 6.58. The van der Waals surface area contributed by atoms with Gasteiger partial charge in [-0.2, -0.15) is 0 Å². The summed E-state index contributed by atoms with van der Waals surface area (Å²) in [5.41, 5.74) is 0. The van der Waals surface area contributed by atoms with Crippen LogP contribution in [0.25, 0.3) is 0 Å². The molecule has 0 amide bonds. The Labute approximate surface area is 119 Å². The molecule has 0 saturated carbocycles. The molecule has 2 saturated heterocycles. The van der Waals surface area contributed by atoms with Gasteiger partial charge in [-0.25, -0.2) is 13.2 Å². The number of hydrogen-bond donors (Lipinski definition) is 0. The summed E-state index contributed by atoms with van der Waals surface area (Å²) in [6.45, 7) is 3.94. The van der Waals surface area contributed by atoms with E-state index in [4.69, 9.17) is 0 Å². The second kappa shape index (κ2) is 9.57. The minimum Gasteiger partial charge on any atom is -0.469 e. The summed E-state index contributed by atoms with van der Waals surface area (Å²) in [5, 5.41) is 0. The molecule has 0 aromatic rings. The number of rotatable bonds is 1. The highest BCUT2D eigenvalue weighted by atomic mass is 32.2. The van der Waals surface area contributed by atoms with E-state index in [0.717, 1.165) is 12.8 Å². The summed E-state index contributed by atoms with van der Waals surface area (Å²) in [7, 11) is -1.17. The second-order valence-electron chi connectivity index (χ2n) is 4.28. The first-order valence-electron chi connectivity index (χ1n) is 6.41. The number of sulfone groups is 1. The van der Waals surface area contributed by atoms with Crippen LogP contribution in [0.2, 0.25) is 0 Å². The molecule has 0 aromatic carbocycles. The molecule has 20 heavy (non-hydrogen) atoms. The smallest absolute Gasteiger partial charge is 0.469 e. The summed E-state index contributed by atoms with van der Waals surface area (Å²) in [5.74, 6) is 0.690. The van der Waals surface area contributed by atoms with Gasteiger partial charge < -0.3 is 14.2 Å². The molecule has 8 heteroatoms. The number of ether oxygens (including phenoxy) is 3. The highest BCUT2D eigenvalue weighted by Crippen LogP contribution is 2.08. The van der Waals surface area contributed by atoms with E-state index in [1.54, 1.807) is 13.8 Å². The molecule has 2 heterocycles. The van der Waals surface area contributed by atoms with E-state index in [1.165, 1.54) is 7.11 Å². The van der Waals surface area contributed by atoms with Crippen LogP contribution >= 0.6 is 0 Å². The minimum atomic E-state index is -2.55. The molecule has 0 radical (unpaired) electrons. The van der Waals surface area contributed by atoms with E-state index in [0.29, 0.717) is 24.5 Å². The number of carbonyl (C=O) groups is 2. The van der Waals surface area contributed by atoms with Crippen molar-refractivity contribution in [2.24, 2.45) is 0 Å². The Morgan fingerprint density at radius 1 is 1.35 bits per heavy atom. The van der Waals surface area contributed by atoms with E-state index in [2.05, 4.69) is 14.2 Å². The fourth-order valence-electron chi connectivity index (χ4n) is 1.31. The molecule has 2 aliphatic rings. The SMILES string of the molecule is CC1COC(=O)O1.CCC(=O)OC.O=S1(=O)CCCC1. The van der Waals surface area contributed by atoms with E-state index >= 15 is 0 Å². The number of methoxy groups -OCH3 is 1. The van der Waals surface area contributed by atoms with Gasteiger partial charge in [0.05, 0.1) is 18.6 Å². The maximum Gasteiger partial charge on any atom is 0.508 e. The predicted octanol–water partition coefficient (Wildman–Crippen LogP) is 1.31. The van der Waals surface area contributed by atoms with E-state index in [1.807, 2.05) is 0 Å². The summed E-state index contributed by atoms with van der Waals surface area (Å²) >= 11 is 0. The van der Waals surface area contributed by atoms with Gasteiger partial charge in [-0.1, -0.05) is 6.92 Å². The normalized spacial score (nSPS) is 22.4. The first-order chi connectivity index (χ1) is 9.30. The van der Waals surface area contributed by atoms with Crippen molar-refractivity contribution in [1.29, 1.82) is 0 Å². The summed E-state index contributed by atoms with van der Waals surface area (Å²) in [6, 6.07) is 0. The van der Waals surface area contributed by atoms with Gasteiger partial charge in [-0.15, -0.1) is 0 Å². The van der Waals surface area contributed by atoms with Crippen molar-refractivity contribution in [3.63, 3.8) is 0 Å². The molecule has 1 atom stereocenters. The molecule has 118 valence electrons. The van der Waals surface area contributed by atoms with E-state index in [9.17, 15) is 18.0 Å². The van der Waals surface area contributed by atoms with Crippen molar-refractivity contribution >= 4 is 22.0 Å². The third kappa shape index (κ3) is 9.60. The zero-order chi connectivity index (χ0) is 15.6. The Hall–Kier alpha value is -1.31. The molecule has 2 fully saturated rings. The van der Waals surface area contributed by atoms with Crippen molar-refractivity contribution in [1.82, 2.24) is 0 Å². The van der Waals surface area contributed by atoms with Crippen LogP contribution in [-0.2, 0) is 28.8 Å². The van der Waals surface area contributed by atoms with Gasteiger partial charge in [-0.3, -0.25) is 4.79 Å². The summed E-state index contributed by atoms with van der Waals surface area (Å²) in [4.78, 5) is 20.0. The standard InChI is InChI=1S/C4H6O3.C4H8O2S.C4H8O2/c1-3-2-6-4(5)7-3;5-7(6)3-1-2-4-7;1-3-4(5)6-2/h3H,2H2,1H3;1-4H2;3H2,1-2H3. The van der Waals surface area contributed by atoms with Crippen molar-refractivity contribution in [2.75, 3.05) is 25.2 Å². The van der Waals surface area contributed by atoms with Gasteiger partial charge in [0.2, 0.25) is 0 Å². The zero-order valence-corrected chi connectivity index (χ0v) is 12.9. The van der Waals surface area contributed by atoms with Gasteiger partial charge >= 0.3 is 12.1 Å². The lowest BCUT2D eigenvalue weighted by molar-refractivity contribution is -0.140. The first-order valence-corrected chi connectivity index (χ1v) is 8.23. The van der Waals surface area contributed by atoms with Crippen LogP contribution in [-0.4, -0.2) is 51.9 Å². The predicted molar refractivity (Wildman–Crippen MR) is 72.1 cm³/mol. The maximum atomic E-state index is 10.4. The lowest BCUT2D eigenvalue weighted by Gasteiger charge is -1.90. The third-order valence-electron chi connectivity index (χ3n) is 2.41. The van der Waals surface area contributed by atoms with Crippen molar-refractivity contribution in [2.45, 2.75) is 39.2 Å². The average Bonchev–Trinajstić information content (AvgIpc) is 2.97. The van der Waals surface area contributed by atoms with E-state index in [-0.39, 0.29) is 12.1 Å². The Balaban J connectivity index is 0.000000272. The van der Waals surface area contributed by atoms with Crippen LogP contribution in [0, 0.1) is 0 Å². The topological polar surface area (TPSA) is 96.0 Å². The van der Waals surface area contributed by atoms with Crippen LogP contribution in [0.1, 0.15) is 33.1 Å². The number of cyclic esters (lactones) is 2. The molecule has 2 aliphatic heterocycles. The highest BCUT2D eigenvalue weighted by molar-refractivity contribution is 7.91. The van der Waals surface area contributed by atoms with E-state index < -0.39 is 16.0 Å². The molecule has 0 aliphatic carbocycles. The van der Waals surface area contributed by atoms with Gasteiger partial charge in [0.15, 0.2) is 0 Å². The molecule has 7 nitrogen and oxygen atoms in total. The lowest BCUT2D eigenvalue weighted by Crippen LogP contribution is -2.01. The Morgan fingerprint density at radius 3 is 2.00 bits per heavy atom. The number of hydrogen-bond acceptors (Lipinski definition) is 7. The molecule has 0 N–H and O–H groups in total. The maximum absolute atomic E-state index is 10.4. The fourth-order valence-corrected chi connectivity index (χ4v) is 2.80. The summed E-state index contributed by atoms with van der Waals surface area (Å²) < 4.78 is 34.0. The molecule has 0 bridgehead atoms. The van der Waals surface area contributed by atoms with Crippen LogP contribution < -0.4 is 0 Å². The Bertz CT molecular complexity index is 384. The number of esters is 1. The highest BCUT2D eigenvalue weighted by Gasteiger charge is 2.19. The van der Waals surface area contributed by atoms with Crippen LogP contribution in [0.5, 0.6) is 0 Å². The monoisotopic (exact) mass is 310 g/mol. The molecule has 2 rings (SSSR count). The van der Waals surface area contributed by atoms with Gasteiger partial charge in [-0.05, 0) is 19.8 Å². The van der Waals surface area contributed by atoms with Crippen LogP contribution in [0.15, 0.2) is 0 Å². The van der Waals surface area contributed by atoms with Gasteiger partial charge in [0.1, 0.15) is 22.5 Å². The quantitative estimate of drug-likeness (QED) is 0.673. The Kier molecular flexibility index (Phi) is 8.94. The number of carbonyl (C=O) groups excluding carboxylic acids is 2. The Morgan fingerprint density at radius 2 is 1.90 bits per heavy atom.